The zero-order chi connectivity index (χ0) is 19.2. The predicted molar refractivity (Wildman–Crippen MR) is 103 cm³/mol. The van der Waals surface area contributed by atoms with Gasteiger partial charge in [-0.2, -0.15) is 0 Å². The van der Waals surface area contributed by atoms with Crippen molar-refractivity contribution in [2.45, 2.75) is 19.3 Å². The summed E-state index contributed by atoms with van der Waals surface area (Å²) >= 11 is 1.40. The summed E-state index contributed by atoms with van der Waals surface area (Å²) in [5.74, 6) is 0.976. The number of likely N-dealkylation sites (tertiary alicyclic amines) is 1. The normalized spacial score (nSPS) is 14.2. The number of carbonyl (C=O) groups is 1. The average molecular weight is 392 g/mol. The third-order valence-electron chi connectivity index (χ3n) is 4.45. The number of hydrogen-bond donors (Lipinski definition) is 1. The Morgan fingerprint density at radius 3 is 2.37 bits per heavy atom. The van der Waals surface area contributed by atoms with E-state index in [4.69, 9.17) is 14.2 Å². The molecule has 1 aromatic carbocycles. The molecular weight excluding hydrogens is 368 g/mol. The average Bonchev–Trinajstić information content (AvgIpc) is 3.36. The molecular formula is C18H24N4O4S. The van der Waals surface area contributed by atoms with Gasteiger partial charge in [-0.3, -0.25) is 10.1 Å². The van der Waals surface area contributed by atoms with Crippen molar-refractivity contribution in [3.05, 3.63) is 22.7 Å². The minimum Gasteiger partial charge on any atom is -0.493 e. The van der Waals surface area contributed by atoms with Crippen molar-refractivity contribution in [3.8, 4) is 17.2 Å². The summed E-state index contributed by atoms with van der Waals surface area (Å²) in [6.45, 7) is 3.29. The standard InChI is InChI=1S/C18H24N4O4S/c1-24-13-10-12(11-14(25-2)16(13)26-3)17(23)19-18-21-20-15(27-18)6-9-22-7-4-5-8-22/h10-11H,4-9H2,1-3H3,(H,19,21,23). The molecule has 1 amide bonds. The van der Waals surface area contributed by atoms with E-state index in [0.29, 0.717) is 27.9 Å². The van der Waals surface area contributed by atoms with Crippen LogP contribution in [0.25, 0.3) is 0 Å². The molecule has 0 spiro atoms. The number of rotatable bonds is 8. The van der Waals surface area contributed by atoms with Crippen LogP contribution in [0, 0.1) is 0 Å². The number of carbonyl (C=O) groups excluding carboxylic acids is 1. The number of anilines is 1. The SMILES string of the molecule is COc1cc(C(=O)Nc2nnc(CCN3CCCC3)s2)cc(OC)c1OC. The minimum atomic E-state index is -0.309. The van der Waals surface area contributed by atoms with Crippen molar-refractivity contribution in [2.75, 3.05) is 46.3 Å². The first-order valence-corrected chi connectivity index (χ1v) is 9.62. The molecule has 0 bridgehead atoms. The van der Waals surface area contributed by atoms with Gasteiger partial charge < -0.3 is 19.1 Å². The summed E-state index contributed by atoms with van der Waals surface area (Å²) in [6.07, 6.45) is 3.39. The highest BCUT2D eigenvalue weighted by Crippen LogP contribution is 2.38. The van der Waals surface area contributed by atoms with Crippen LogP contribution in [0.2, 0.25) is 0 Å². The number of hydrogen-bond acceptors (Lipinski definition) is 8. The van der Waals surface area contributed by atoms with Crippen LogP contribution >= 0.6 is 11.3 Å². The molecule has 8 nitrogen and oxygen atoms in total. The van der Waals surface area contributed by atoms with E-state index < -0.39 is 0 Å². The van der Waals surface area contributed by atoms with E-state index in [1.54, 1.807) is 12.1 Å². The van der Waals surface area contributed by atoms with E-state index in [9.17, 15) is 4.79 Å². The zero-order valence-corrected chi connectivity index (χ0v) is 16.6. The van der Waals surface area contributed by atoms with E-state index in [2.05, 4.69) is 20.4 Å². The van der Waals surface area contributed by atoms with Crippen LogP contribution in [0.1, 0.15) is 28.2 Å². The Bertz CT molecular complexity index is 764. The number of ether oxygens (including phenoxy) is 3. The molecule has 0 saturated carbocycles. The first kappa shape index (κ1) is 19.4. The van der Waals surface area contributed by atoms with Crippen LogP contribution in [0.5, 0.6) is 17.2 Å². The third kappa shape index (κ3) is 4.67. The second-order valence-corrected chi connectivity index (χ2v) is 7.23. The summed E-state index contributed by atoms with van der Waals surface area (Å²) < 4.78 is 15.9. The number of methoxy groups -OCH3 is 3. The number of nitrogens with zero attached hydrogens (tertiary/aromatic N) is 3. The number of aromatic nitrogens is 2. The van der Waals surface area contributed by atoms with Gasteiger partial charge in [-0.25, -0.2) is 0 Å². The quantitative estimate of drug-likeness (QED) is 0.738. The Morgan fingerprint density at radius 1 is 1.11 bits per heavy atom. The van der Waals surface area contributed by atoms with Crippen molar-refractivity contribution in [3.63, 3.8) is 0 Å². The maximum Gasteiger partial charge on any atom is 0.257 e. The minimum absolute atomic E-state index is 0.309. The summed E-state index contributed by atoms with van der Waals surface area (Å²) in [5, 5.41) is 12.4. The topological polar surface area (TPSA) is 85.8 Å². The Balaban J connectivity index is 1.66. The summed E-state index contributed by atoms with van der Waals surface area (Å²) in [4.78, 5) is 15.0. The van der Waals surface area contributed by atoms with Crippen molar-refractivity contribution in [2.24, 2.45) is 0 Å². The Morgan fingerprint density at radius 2 is 1.78 bits per heavy atom. The first-order chi connectivity index (χ1) is 13.1. The maximum absolute atomic E-state index is 12.6. The van der Waals surface area contributed by atoms with Gasteiger partial charge in [-0.15, -0.1) is 10.2 Å². The smallest absolute Gasteiger partial charge is 0.257 e. The van der Waals surface area contributed by atoms with Gasteiger partial charge in [0.1, 0.15) is 5.01 Å². The lowest BCUT2D eigenvalue weighted by Gasteiger charge is -2.13. The third-order valence-corrected chi connectivity index (χ3v) is 5.35. The van der Waals surface area contributed by atoms with Crippen molar-refractivity contribution >= 4 is 22.4 Å². The Labute approximate surface area is 162 Å². The van der Waals surface area contributed by atoms with Crippen molar-refractivity contribution in [1.29, 1.82) is 0 Å². The monoisotopic (exact) mass is 392 g/mol. The second kappa shape index (κ2) is 9.01. The molecule has 146 valence electrons. The van der Waals surface area contributed by atoms with Crippen LogP contribution in [0.3, 0.4) is 0 Å². The number of amides is 1. The van der Waals surface area contributed by atoms with Crippen molar-refractivity contribution in [1.82, 2.24) is 15.1 Å². The van der Waals surface area contributed by atoms with E-state index in [1.807, 2.05) is 0 Å². The van der Waals surface area contributed by atoms with Crippen LogP contribution in [-0.2, 0) is 6.42 Å². The fourth-order valence-electron chi connectivity index (χ4n) is 3.05. The molecule has 2 heterocycles. The van der Waals surface area contributed by atoms with Crippen LogP contribution < -0.4 is 19.5 Å². The lowest BCUT2D eigenvalue weighted by Crippen LogP contribution is -2.21. The lowest BCUT2D eigenvalue weighted by atomic mass is 10.1. The summed E-state index contributed by atoms with van der Waals surface area (Å²) in [6, 6.07) is 3.21. The van der Waals surface area contributed by atoms with Crippen LogP contribution in [0.15, 0.2) is 12.1 Å². The van der Waals surface area contributed by atoms with Crippen molar-refractivity contribution < 1.29 is 19.0 Å². The van der Waals surface area contributed by atoms with E-state index in [-0.39, 0.29) is 5.91 Å². The molecule has 27 heavy (non-hydrogen) atoms. The van der Waals surface area contributed by atoms with Crippen LogP contribution in [0.4, 0.5) is 5.13 Å². The summed E-state index contributed by atoms with van der Waals surface area (Å²) in [7, 11) is 4.54. The van der Waals surface area contributed by atoms with Gasteiger partial charge in [0, 0.05) is 18.5 Å². The Kier molecular flexibility index (Phi) is 6.46. The molecule has 1 fully saturated rings. The first-order valence-electron chi connectivity index (χ1n) is 8.80. The molecule has 1 saturated heterocycles. The fourth-order valence-corrected chi connectivity index (χ4v) is 3.77. The highest BCUT2D eigenvalue weighted by Gasteiger charge is 2.18. The second-order valence-electron chi connectivity index (χ2n) is 6.17. The molecule has 1 aliphatic rings. The number of nitrogens with one attached hydrogen (secondary N) is 1. The highest BCUT2D eigenvalue weighted by molar-refractivity contribution is 7.15. The summed E-state index contributed by atoms with van der Waals surface area (Å²) in [5.41, 5.74) is 0.387. The molecule has 0 radical (unpaired) electrons. The molecule has 0 unspecified atom stereocenters. The molecule has 2 aromatic rings. The lowest BCUT2D eigenvalue weighted by molar-refractivity contribution is 0.102. The van der Waals surface area contributed by atoms with Gasteiger partial charge in [0.2, 0.25) is 10.9 Å². The molecule has 0 atom stereocenters. The van der Waals surface area contributed by atoms with Gasteiger partial charge in [0.15, 0.2) is 11.5 Å². The van der Waals surface area contributed by atoms with Gasteiger partial charge in [-0.05, 0) is 38.1 Å². The highest BCUT2D eigenvalue weighted by atomic mass is 32.1. The number of benzene rings is 1. The molecule has 9 heteroatoms. The largest absolute Gasteiger partial charge is 0.493 e. The predicted octanol–water partition coefficient (Wildman–Crippen LogP) is 2.45. The molecule has 1 aliphatic heterocycles. The molecule has 1 N–H and O–H groups in total. The van der Waals surface area contributed by atoms with Gasteiger partial charge in [0.25, 0.3) is 5.91 Å². The fraction of sp³-hybridized carbons (Fsp3) is 0.500. The van der Waals surface area contributed by atoms with E-state index >= 15 is 0 Å². The van der Waals surface area contributed by atoms with Gasteiger partial charge in [-0.1, -0.05) is 11.3 Å². The van der Waals surface area contributed by atoms with E-state index in [0.717, 1.165) is 31.1 Å². The molecule has 1 aromatic heterocycles. The molecule has 0 aliphatic carbocycles. The van der Waals surface area contributed by atoms with Gasteiger partial charge in [0.05, 0.1) is 21.3 Å². The Hall–Kier alpha value is -2.39. The van der Waals surface area contributed by atoms with Crippen LogP contribution in [-0.4, -0.2) is 62.0 Å². The zero-order valence-electron chi connectivity index (χ0n) is 15.8. The maximum atomic E-state index is 12.6. The van der Waals surface area contributed by atoms with Gasteiger partial charge >= 0.3 is 0 Å². The molecule has 3 rings (SSSR count). The van der Waals surface area contributed by atoms with E-state index in [1.165, 1.54) is 45.5 Å².